The highest BCUT2D eigenvalue weighted by atomic mass is 16.4. The van der Waals surface area contributed by atoms with Crippen LogP contribution in [0.3, 0.4) is 0 Å². The van der Waals surface area contributed by atoms with Crippen LogP contribution in [0, 0.1) is 0 Å². The Balaban J connectivity index is 1.68. The summed E-state index contributed by atoms with van der Waals surface area (Å²) in [7, 11) is 0. The summed E-state index contributed by atoms with van der Waals surface area (Å²) in [5.41, 5.74) is 1.42. The third-order valence-corrected chi connectivity index (χ3v) is 4.55. The summed E-state index contributed by atoms with van der Waals surface area (Å²) in [6.07, 6.45) is 4.48. The molecule has 8 heteroatoms. The minimum absolute atomic E-state index is 0.0892. The molecule has 1 aliphatic rings. The van der Waals surface area contributed by atoms with Gasteiger partial charge in [0.1, 0.15) is 5.52 Å². The maximum absolute atomic E-state index is 11.7. The molecule has 0 unspecified atom stereocenters. The van der Waals surface area contributed by atoms with Gasteiger partial charge in [-0.3, -0.25) is 19.6 Å². The van der Waals surface area contributed by atoms with E-state index in [0.717, 1.165) is 29.7 Å². The summed E-state index contributed by atoms with van der Waals surface area (Å²) in [6.45, 7) is 1.24. The molecule has 1 amide bonds. The number of carbonyl (C=O) groups is 2. The standard InChI is InChI=1S/C18H22N4O4/c23-15(4-5-16(24)25)21-11-18(26)7-2-10-22(12-18)14-6-9-19-13-3-1-8-20-17(13)14/h1,3,6,8-9,26H,2,4-5,7,10-12H2,(H,21,23)(H,24,25)/t18-/m1/s1. The highest BCUT2D eigenvalue weighted by Gasteiger charge is 2.34. The molecule has 1 aliphatic heterocycles. The summed E-state index contributed by atoms with van der Waals surface area (Å²) in [4.78, 5) is 33.1. The van der Waals surface area contributed by atoms with Crippen molar-refractivity contribution >= 4 is 28.6 Å². The number of hydrogen-bond acceptors (Lipinski definition) is 6. The van der Waals surface area contributed by atoms with E-state index < -0.39 is 11.6 Å². The third kappa shape index (κ3) is 4.26. The molecule has 3 heterocycles. The van der Waals surface area contributed by atoms with E-state index in [1.54, 1.807) is 12.4 Å². The van der Waals surface area contributed by atoms with Crippen LogP contribution in [-0.2, 0) is 9.59 Å². The van der Waals surface area contributed by atoms with Crippen molar-refractivity contribution in [2.24, 2.45) is 0 Å². The molecule has 2 aromatic rings. The second-order valence-electron chi connectivity index (χ2n) is 6.62. The minimum Gasteiger partial charge on any atom is -0.481 e. The summed E-state index contributed by atoms with van der Waals surface area (Å²) in [5, 5.41) is 22.2. The van der Waals surface area contributed by atoms with Crippen LogP contribution in [0.1, 0.15) is 25.7 Å². The second-order valence-corrected chi connectivity index (χ2v) is 6.62. The van der Waals surface area contributed by atoms with Crippen LogP contribution in [0.2, 0.25) is 0 Å². The molecule has 1 atom stereocenters. The molecule has 1 fully saturated rings. The van der Waals surface area contributed by atoms with Crippen molar-refractivity contribution in [2.75, 3.05) is 24.5 Å². The van der Waals surface area contributed by atoms with Crippen molar-refractivity contribution in [3.63, 3.8) is 0 Å². The number of nitrogens with one attached hydrogen (secondary N) is 1. The van der Waals surface area contributed by atoms with E-state index in [2.05, 4.69) is 20.2 Å². The Morgan fingerprint density at radius 3 is 2.88 bits per heavy atom. The zero-order chi connectivity index (χ0) is 18.6. The molecule has 0 radical (unpaired) electrons. The van der Waals surface area contributed by atoms with Gasteiger partial charge >= 0.3 is 5.97 Å². The number of carbonyl (C=O) groups excluding carboxylic acids is 1. The Morgan fingerprint density at radius 1 is 1.23 bits per heavy atom. The fourth-order valence-corrected chi connectivity index (χ4v) is 3.25. The number of fused-ring (bicyclic) bond motifs is 1. The predicted octanol–water partition coefficient (Wildman–Crippen LogP) is 0.942. The van der Waals surface area contributed by atoms with E-state index in [-0.39, 0.29) is 25.3 Å². The van der Waals surface area contributed by atoms with E-state index in [1.807, 2.05) is 18.2 Å². The number of pyridine rings is 2. The topological polar surface area (TPSA) is 116 Å². The third-order valence-electron chi connectivity index (χ3n) is 4.55. The first-order valence-electron chi connectivity index (χ1n) is 8.62. The van der Waals surface area contributed by atoms with Crippen molar-refractivity contribution in [2.45, 2.75) is 31.3 Å². The van der Waals surface area contributed by atoms with Gasteiger partial charge in [0.25, 0.3) is 0 Å². The van der Waals surface area contributed by atoms with Crippen molar-refractivity contribution in [3.8, 4) is 0 Å². The molecular formula is C18H22N4O4. The summed E-state index contributed by atoms with van der Waals surface area (Å²) in [6, 6.07) is 5.61. The number of aliphatic carboxylic acids is 1. The van der Waals surface area contributed by atoms with E-state index in [1.165, 1.54) is 0 Å². The molecule has 1 saturated heterocycles. The van der Waals surface area contributed by atoms with Crippen LogP contribution < -0.4 is 10.2 Å². The zero-order valence-electron chi connectivity index (χ0n) is 14.4. The SMILES string of the molecule is O=C(O)CCC(=O)NC[C@]1(O)CCCN(c2ccnc3cccnc23)C1. The zero-order valence-corrected chi connectivity index (χ0v) is 14.4. The number of aliphatic hydroxyl groups is 1. The molecule has 3 rings (SSSR count). The summed E-state index contributed by atoms with van der Waals surface area (Å²) in [5.74, 6) is -1.38. The molecular weight excluding hydrogens is 336 g/mol. The molecule has 0 aromatic carbocycles. The number of nitrogens with zero attached hydrogens (tertiary/aromatic N) is 3. The van der Waals surface area contributed by atoms with Crippen LogP contribution in [0.15, 0.2) is 30.6 Å². The molecule has 0 spiro atoms. The van der Waals surface area contributed by atoms with Crippen molar-refractivity contribution < 1.29 is 19.8 Å². The molecule has 0 bridgehead atoms. The first-order chi connectivity index (χ1) is 12.5. The summed E-state index contributed by atoms with van der Waals surface area (Å²) < 4.78 is 0. The number of β-amino-alcohol motifs (C(OH)–C–C–N with tert-alkyl or cyclic N) is 1. The van der Waals surface area contributed by atoms with Crippen LogP contribution in [0.4, 0.5) is 5.69 Å². The van der Waals surface area contributed by atoms with E-state index >= 15 is 0 Å². The van der Waals surface area contributed by atoms with Gasteiger partial charge in [-0.25, -0.2) is 0 Å². The summed E-state index contributed by atoms with van der Waals surface area (Å²) >= 11 is 0. The van der Waals surface area contributed by atoms with Gasteiger partial charge in [-0.05, 0) is 31.0 Å². The lowest BCUT2D eigenvalue weighted by molar-refractivity contribution is -0.139. The van der Waals surface area contributed by atoms with Crippen molar-refractivity contribution in [1.82, 2.24) is 15.3 Å². The first kappa shape index (κ1) is 18.1. The Hall–Kier alpha value is -2.74. The first-order valence-corrected chi connectivity index (χ1v) is 8.62. The lowest BCUT2D eigenvalue weighted by Gasteiger charge is -2.40. The number of amides is 1. The molecule has 138 valence electrons. The number of carboxylic acids is 1. The van der Waals surface area contributed by atoms with E-state index in [0.29, 0.717) is 13.0 Å². The maximum Gasteiger partial charge on any atom is 0.303 e. The number of hydrogen-bond donors (Lipinski definition) is 3. The molecule has 0 saturated carbocycles. The van der Waals surface area contributed by atoms with Gasteiger partial charge in [0, 0.05) is 38.4 Å². The average molecular weight is 358 g/mol. The quantitative estimate of drug-likeness (QED) is 0.704. The Labute approximate surface area is 150 Å². The highest BCUT2D eigenvalue weighted by molar-refractivity contribution is 5.87. The van der Waals surface area contributed by atoms with E-state index in [4.69, 9.17) is 5.11 Å². The van der Waals surface area contributed by atoms with Gasteiger partial charge in [-0.15, -0.1) is 0 Å². The van der Waals surface area contributed by atoms with Crippen LogP contribution in [0.25, 0.3) is 11.0 Å². The molecule has 3 N–H and O–H groups in total. The van der Waals surface area contributed by atoms with Gasteiger partial charge in [0.15, 0.2) is 0 Å². The van der Waals surface area contributed by atoms with Gasteiger partial charge < -0.3 is 20.4 Å². The number of aromatic nitrogens is 2. The number of piperidine rings is 1. The molecule has 26 heavy (non-hydrogen) atoms. The fourth-order valence-electron chi connectivity index (χ4n) is 3.25. The van der Waals surface area contributed by atoms with E-state index in [9.17, 15) is 14.7 Å². The lowest BCUT2D eigenvalue weighted by atomic mass is 9.92. The van der Waals surface area contributed by atoms with Gasteiger partial charge in [-0.2, -0.15) is 0 Å². The number of carboxylic acid groups (broad SMARTS) is 1. The maximum atomic E-state index is 11.7. The predicted molar refractivity (Wildman–Crippen MR) is 95.8 cm³/mol. The Morgan fingerprint density at radius 2 is 2.08 bits per heavy atom. The number of rotatable bonds is 6. The Kier molecular flexibility index (Phi) is 5.32. The van der Waals surface area contributed by atoms with Crippen LogP contribution in [-0.4, -0.2) is 57.3 Å². The smallest absolute Gasteiger partial charge is 0.303 e. The normalized spacial score (nSPS) is 20.1. The second kappa shape index (κ2) is 7.65. The fraction of sp³-hybridized carbons (Fsp3) is 0.444. The largest absolute Gasteiger partial charge is 0.481 e. The van der Waals surface area contributed by atoms with Crippen LogP contribution >= 0.6 is 0 Å². The molecule has 8 nitrogen and oxygen atoms in total. The lowest BCUT2D eigenvalue weighted by Crippen LogP contribution is -2.54. The highest BCUT2D eigenvalue weighted by Crippen LogP contribution is 2.29. The molecule has 0 aliphatic carbocycles. The average Bonchev–Trinajstić information content (AvgIpc) is 2.64. The van der Waals surface area contributed by atoms with Gasteiger partial charge in [0.2, 0.25) is 5.91 Å². The molecule has 2 aromatic heterocycles. The number of anilines is 1. The monoisotopic (exact) mass is 358 g/mol. The van der Waals surface area contributed by atoms with Gasteiger partial charge in [0.05, 0.1) is 23.2 Å². The van der Waals surface area contributed by atoms with Crippen LogP contribution in [0.5, 0.6) is 0 Å². The van der Waals surface area contributed by atoms with Gasteiger partial charge in [-0.1, -0.05) is 0 Å². The Bertz CT molecular complexity index is 807. The van der Waals surface area contributed by atoms with Crippen molar-refractivity contribution in [1.29, 1.82) is 0 Å². The minimum atomic E-state index is -1.07. The van der Waals surface area contributed by atoms with Crippen molar-refractivity contribution in [3.05, 3.63) is 30.6 Å².